The van der Waals surface area contributed by atoms with E-state index in [0.717, 1.165) is 38.2 Å². The molecule has 0 aromatic carbocycles. The van der Waals surface area contributed by atoms with Crippen molar-refractivity contribution in [2.75, 3.05) is 26.2 Å². The third kappa shape index (κ3) is 3.17. The Bertz CT molecular complexity index is 530. The topological polar surface area (TPSA) is 59.4 Å². The van der Waals surface area contributed by atoms with Crippen LogP contribution in [-0.4, -0.2) is 59.0 Å². The van der Waals surface area contributed by atoms with E-state index >= 15 is 0 Å². The SMILES string of the molecule is Cc1cc(C)n(C2CN(C(C)C(=O)NCC3CCCO3)C2)n1. The van der Waals surface area contributed by atoms with E-state index in [2.05, 4.69) is 33.0 Å². The normalized spacial score (nSPS) is 24.2. The molecule has 3 heterocycles. The van der Waals surface area contributed by atoms with Crippen molar-refractivity contribution in [3.63, 3.8) is 0 Å². The first-order valence-electron chi connectivity index (χ1n) is 8.20. The minimum Gasteiger partial charge on any atom is -0.376 e. The van der Waals surface area contributed by atoms with E-state index < -0.39 is 0 Å². The number of likely N-dealkylation sites (tertiary alicyclic amines) is 1. The number of carbonyl (C=O) groups excluding carboxylic acids is 1. The Hall–Kier alpha value is -1.40. The molecule has 0 aliphatic carbocycles. The molecule has 122 valence electrons. The van der Waals surface area contributed by atoms with Crippen molar-refractivity contribution in [3.8, 4) is 0 Å². The number of aryl methyl sites for hydroxylation is 2. The smallest absolute Gasteiger partial charge is 0.237 e. The van der Waals surface area contributed by atoms with E-state index in [1.807, 2.05) is 13.8 Å². The summed E-state index contributed by atoms with van der Waals surface area (Å²) in [5.41, 5.74) is 2.25. The molecule has 2 aliphatic heterocycles. The number of rotatable bonds is 5. The van der Waals surface area contributed by atoms with Gasteiger partial charge in [-0.15, -0.1) is 0 Å². The number of nitrogens with zero attached hydrogens (tertiary/aromatic N) is 3. The van der Waals surface area contributed by atoms with Gasteiger partial charge in [0.05, 0.1) is 23.9 Å². The highest BCUT2D eigenvalue weighted by Gasteiger charge is 2.35. The van der Waals surface area contributed by atoms with Crippen LogP contribution in [0.25, 0.3) is 0 Å². The molecule has 0 radical (unpaired) electrons. The van der Waals surface area contributed by atoms with Crippen LogP contribution in [0.15, 0.2) is 6.07 Å². The maximum absolute atomic E-state index is 12.2. The average Bonchev–Trinajstić information content (AvgIpc) is 3.04. The summed E-state index contributed by atoms with van der Waals surface area (Å²) in [7, 11) is 0. The molecule has 3 rings (SSSR count). The summed E-state index contributed by atoms with van der Waals surface area (Å²) in [6, 6.07) is 2.40. The maximum Gasteiger partial charge on any atom is 0.237 e. The number of hydrogen-bond donors (Lipinski definition) is 1. The van der Waals surface area contributed by atoms with E-state index in [9.17, 15) is 4.79 Å². The molecule has 1 amide bonds. The predicted octanol–water partition coefficient (Wildman–Crippen LogP) is 1.04. The van der Waals surface area contributed by atoms with Gasteiger partial charge in [-0.25, -0.2) is 0 Å². The molecule has 0 saturated carbocycles. The lowest BCUT2D eigenvalue weighted by Gasteiger charge is -2.42. The molecule has 0 spiro atoms. The minimum absolute atomic E-state index is 0.0883. The molecule has 2 saturated heterocycles. The van der Waals surface area contributed by atoms with Crippen molar-refractivity contribution in [3.05, 3.63) is 17.5 Å². The summed E-state index contributed by atoms with van der Waals surface area (Å²) in [6.07, 6.45) is 2.36. The quantitative estimate of drug-likeness (QED) is 0.883. The van der Waals surface area contributed by atoms with E-state index in [-0.39, 0.29) is 18.1 Å². The highest BCUT2D eigenvalue weighted by molar-refractivity contribution is 5.81. The number of amides is 1. The van der Waals surface area contributed by atoms with Crippen LogP contribution < -0.4 is 5.32 Å². The van der Waals surface area contributed by atoms with E-state index in [4.69, 9.17) is 4.74 Å². The van der Waals surface area contributed by atoms with Gasteiger partial charge in [0.15, 0.2) is 0 Å². The Balaban J connectivity index is 1.45. The first-order valence-corrected chi connectivity index (χ1v) is 8.20. The zero-order chi connectivity index (χ0) is 15.7. The van der Waals surface area contributed by atoms with Crippen LogP contribution in [0.2, 0.25) is 0 Å². The standard InChI is InChI=1S/C16H26N4O2/c1-11-7-12(2)20(18-11)14-9-19(10-14)13(3)16(21)17-8-15-5-4-6-22-15/h7,13-15H,4-6,8-10H2,1-3H3,(H,17,21). The first kappa shape index (κ1) is 15.5. The number of nitrogens with one attached hydrogen (secondary N) is 1. The van der Waals surface area contributed by atoms with E-state index in [0.29, 0.717) is 12.6 Å². The second-order valence-electron chi connectivity index (χ2n) is 6.54. The van der Waals surface area contributed by atoms with Crippen molar-refractivity contribution in [1.82, 2.24) is 20.0 Å². The summed E-state index contributed by atoms with van der Waals surface area (Å²) in [5, 5.41) is 7.55. The van der Waals surface area contributed by atoms with Gasteiger partial charge in [0.2, 0.25) is 5.91 Å². The summed E-state index contributed by atoms with van der Waals surface area (Å²) < 4.78 is 7.62. The maximum atomic E-state index is 12.2. The zero-order valence-corrected chi connectivity index (χ0v) is 13.7. The minimum atomic E-state index is -0.0883. The fraction of sp³-hybridized carbons (Fsp3) is 0.750. The molecule has 1 N–H and O–H groups in total. The summed E-state index contributed by atoms with van der Waals surface area (Å²) in [4.78, 5) is 14.4. The first-order chi connectivity index (χ1) is 10.5. The van der Waals surface area contributed by atoms with Gasteiger partial charge >= 0.3 is 0 Å². The molecule has 2 unspecified atom stereocenters. The van der Waals surface area contributed by atoms with Crippen molar-refractivity contribution >= 4 is 5.91 Å². The Morgan fingerprint density at radius 3 is 2.86 bits per heavy atom. The summed E-state index contributed by atoms with van der Waals surface area (Å²) in [6.45, 7) is 9.31. The Kier molecular flexibility index (Phi) is 4.49. The third-order valence-corrected chi connectivity index (χ3v) is 4.74. The molecule has 6 nitrogen and oxygen atoms in total. The monoisotopic (exact) mass is 306 g/mol. The lowest BCUT2D eigenvalue weighted by Crippen LogP contribution is -2.57. The zero-order valence-electron chi connectivity index (χ0n) is 13.7. The van der Waals surface area contributed by atoms with Gasteiger partial charge in [0, 0.05) is 31.9 Å². The van der Waals surface area contributed by atoms with Gasteiger partial charge in [0.25, 0.3) is 0 Å². The largest absolute Gasteiger partial charge is 0.376 e. The van der Waals surface area contributed by atoms with Crippen LogP contribution >= 0.6 is 0 Å². The molecule has 1 aromatic rings. The molecule has 0 bridgehead atoms. The second-order valence-corrected chi connectivity index (χ2v) is 6.54. The molecule has 6 heteroatoms. The molecule has 2 atom stereocenters. The molecular formula is C16H26N4O2. The molecule has 2 fully saturated rings. The fourth-order valence-corrected chi connectivity index (χ4v) is 3.31. The van der Waals surface area contributed by atoms with Crippen LogP contribution in [0.4, 0.5) is 0 Å². The Morgan fingerprint density at radius 1 is 1.50 bits per heavy atom. The van der Waals surface area contributed by atoms with Gasteiger partial charge in [-0.2, -0.15) is 5.10 Å². The van der Waals surface area contributed by atoms with Crippen LogP contribution in [0.1, 0.15) is 37.2 Å². The highest BCUT2D eigenvalue weighted by Crippen LogP contribution is 2.24. The second kappa shape index (κ2) is 6.38. The van der Waals surface area contributed by atoms with Gasteiger partial charge in [-0.3, -0.25) is 14.4 Å². The Morgan fingerprint density at radius 2 is 2.27 bits per heavy atom. The van der Waals surface area contributed by atoms with Gasteiger partial charge < -0.3 is 10.1 Å². The summed E-state index contributed by atoms with van der Waals surface area (Å²) in [5.74, 6) is 0.0994. The van der Waals surface area contributed by atoms with Gasteiger partial charge in [0.1, 0.15) is 0 Å². The highest BCUT2D eigenvalue weighted by atomic mass is 16.5. The van der Waals surface area contributed by atoms with Crippen molar-refractivity contribution in [2.24, 2.45) is 0 Å². The van der Waals surface area contributed by atoms with Crippen molar-refractivity contribution in [2.45, 2.75) is 51.8 Å². The number of aromatic nitrogens is 2. The van der Waals surface area contributed by atoms with Crippen molar-refractivity contribution in [1.29, 1.82) is 0 Å². The van der Waals surface area contributed by atoms with Crippen LogP contribution in [0.3, 0.4) is 0 Å². The van der Waals surface area contributed by atoms with Gasteiger partial charge in [-0.05, 0) is 39.7 Å². The average molecular weight is 306 g/mol. The van der Waals surface area contributed by atoms with Crippen LogP contribution in [-0.2, 0) is 9.53 Å². The number of hydrogen-bond acceptors (Lipinski definition) is 4. The number of ether oxygens (including phenoxy) is 1. The van der Waals surface area contributed by atoms with Crippen LogP contribution in [0.5, 0.6) is 0 Å². The Labute approximate surface area is 131 Å². The molecular weight excluding hydrogens is 280 g/mol. The van der Waals surface area contributed by atoms with Crippen molar-refractivity contribution < 1.29 is 9.53 Å². The fourth-order valence-electron chi connectivity index (χ4n) is 3.31. The van der Waals surface area contributed by atoms with E-state index in [1.54, 1.807) is 0 Å². The lowest BCUT2D eigenvalue weighted by atomic mass is 10.1. The predicted molar refractivity (Wildman–Crippen MR) is 83.8 cm³/mol. The van der Waals surface area contributed by atoms with E-state index in [1.165, 1.54) is 5.69 Å². The summed E-state index contributed by atoms with van der Waals surface area (Å²) >= 11 is 0. The lowest BCUT2D eigenvalue weighted by molar-refractivity contribution is -0.128. The number of carbonyl (C=O) groups is 1. The van der Waals surface area contributed by atoms with Gasteiger partial charge in [-0.1, -0.05) is 0 Å². The molecule has 22 heavy (non-hydrogen) atoms. The molecule has 1 aromatic heterocycles. The van der Waals surface area contributed by atoms with Crippen LogP contribution in [0, 0.1) is 13.8 Å². The molecule has 2 aliphatic rings. The third-order valence-electron chi connectivity index (χ3n) is 4.74.